The minimum absolute atomic E-state index is 0. The van der Waals surface area contributed by atoms with Gasteiger partial charge in [-0.05, 0) is 38.1 Å². The molecular weight excluding hydrogens is 336 g/mol. The topological polar surface area (TPSA) is 61.4 Å². The van der Waals surface area contributed by atoms with Gasteiger partial charge in [-0.3, -0.25) is 0 Å². The fourth-order valence-corrected chi connectivity index (χ4v) is 2.18. The number of rotatable bonds is 2. The lowest BCUT2D eigenvalue weighted by Crippen LogP contribution is -1.95. The summed E-state index contributed by atoms with van der Waals surface area (Å²) in [6.45, 7) is 11.3. The summed E-state index contributed by atoms with van der Waals surface area (Å²) in [6.07, 6.45) is 0. The van der Waals surface area contributed by atoms with Crippen LogP contribution in [0.15, 0.2) is 61.7 Å². The monoisotopic (exact) mass is 366 g/mol. The van der Waals surface area contributed by atoms with Crippen LogP contribution in [0.5, 0.6) is 0 Å². The Kier molecular flexibility index (Phi) is 8.80. The Hall–Kier alpha value is -3.28. The van der Waals surface area contributed by atoms with Gasteiger partial charge in [0.2, 0.25) is 0 Å². The zero-order valence-electron chi connectivity index (χ0n) is 13.7. The number of nitrogens with zero attached hydrogens (tertiary/aromatic N) is 6. The van der Waals surface area contributed by atoms with Gasteiger partial charge in [0.15, 0.2) is 0 Å². The van der Waals surface area contributed by atoms with Crippen molar-refractivity contribution in [3.8, 4) is 0 Å². The van der Waals surface area contributed by atoms with Crippen molar-refractivity contribution in [3.05, 3.63) is 61.7 Å². The highest BCUT2D eigenvalue weighted by Gasteiger charge is 2.02. The predicted octanol–water partition coefficient (Wildman–Crippen LogP) is 5.75. The van der Waals surface area contributed by atoms with Crippen molar-refractivity contribution in [1.29, 1.82) is 0 Å². The second kappa shape index (κ2) is 10.0. The average Bonchev–Trinajstić information content (AvgIpc) is 3.19. The molecule has 0 aliphatic carbocycles. The first kappa shape index (κ1) is 23.7. The van der Waals surface area contributed by atoms with Crippen LogP contribution in [-0.4, -0.2) is 30.0 Å². The van der Waals surface area contributed by atoms with E-state index in [2.05, 4.69) is 33.7 Å². The molecule has 27 heavy (non-hydrogen) atoms. The van der Waals surface area contributed by atoms with Crippen molar-refractivity contribution >= 4 is 33.5 Å². The fraction of sp³-hybridized carbons (Fsp3) is 0.238. The minimum atomic E-state index is 0. The van der Waals surface area contributed by atoms with E-state index >= 15 is 0 Å². The van der Waals surface area contributed by atoms with Gasteiger partial charge in [-0.1, -0.05) is 64.9 Å². The second-order valence-corrected chi connectivity index (χ2v) is 5.44. The summed E-state index contributed by atoms with van der Waals surface area (Å²) in [4.78, 5) is 1.55. The van der Waals surface area contributed by atoms with E-state index in [0.29, 0.717) is 0 Å². The van der Waals surface area contributed by atoms with E-state index in [1.165, 1.54) is 0 Å². The molecule has 2 aromatic heterocycles. The fourth-order valence-electron chi connectivity index (χ4n) is 2.18. The van der Waals surface area contributed by atoms with E-state index in [9.17, 15) is 0 Å². The maximum atomic E-state index is 4.22. The highest BCUT2D eigenvalue weighted by Crippen LogP contribution is 2.12. The molecule has 0 aliphatic heterocycles. The van der Waals surface area contributed by atoms with Crippen LogP contribution in [-0.2, 0) is 0 Å². The molecule has 0 spiro atoms. The lowest BCUT2D eigenvalue weighted by molar-refractivity contribution is 0.781. The number of allylic oxidation sites excluding steroid dienone is 2. The van der Waals surface area contributed by atoms with Gasteiger partial charge in [-0.15, -0.1) is 15.3 Å². The number of hydrogen-bond donors (Lipinski definition) is 0. The van der Waals surface area contributed by atoms with Crippen LogP contribution in [0.2, 0.25) is 0 Å². The lowest BCUT2D eigenvalue weighted by atomic mass is 10.3. The molecule has 0 saturated heterocycles. The van der Waals surface area contributed by atoms with Crippen molar-refractivity contribution in [2.24, 2.45) is 0 Å². The van der Waals surface area contributed by atoms with Crippen LogP contribution in [0.4, 0.5) is 0 Å². The van der Waals surface area contributed by atoms with E-state index < -0.39 is 0 Å². The molecule has 0 unspecified atom stereocenters. The smallest absolute Gasteiger partial charge is 0.113 e. The summed E-state index contributed by atoms with van der Waals surface area (Å²) in [5, 5.41) is 16.4. The van der Waals surface area contributed by atoms with E-state index in [1.54, 1.807) is 9.48 Å². The SMILES string of the molecule is C.C.C.C=C(C)n1nc2ccccc2n1.C=C(C)n1nnc2ccccc21. The molecule has 6 nitrogen and oxygen atoms in total. The molecule has 144 valence electrons. The van der Waals surface area contributed by atoms with Gasteiger partial charge in [-0.25, -0.2) is 4.68 Å². The van der Waals surface area contributed by atoms with Gasteiger partial charge in [0.25, 0.3) is 0 Å². The summed E-state index contributed by atoms with van der Waals surface area (Å²) >= 11 is 0. The normalized spacial score (nSPS) is 9.26. The molecule has 0 N–H and O–H groups in total. The zero-order chi connectivity index (χ0) is 17.1. The molecule has 4 rings (SSSR count). The van der Waals surface area contributed by atoms with Gasteiger partial charge in [-0.2, -0.15) is 4.80 Å². The first-order valence-corrected chi connectivity index (χ1v) is 7.50. The summed E-state index contributed by atoms with van der Waals surface area (Å²) < 4.78 is 1.73. The van der Waals surface area contributed by atoms with Crippen LogP contribution in [0.1, 0.15) is 36.1 Å². The van der Waals surface area contributed by atoms with Gasteiger partial charge < -0.3 is 0 Å². The van der Waals surface area contributed by atoms with Crippen molar-refractivity contribution in [1.82, 2.24) is 30.0 Å². The predicted molar refractivity (Wildman–Crippen MR) is 117 cm³/mol. The Labute approximate surface area is 161 Å². The summed E-state index contributed by atoms with van der Waals surface area (Å²) in [5.74, 6) is 0. The number of para-hydroxylation sites is 1. The first-order chi connectivity index (χ1) is 11.6. The number of aromatic nitrogens is 6. The van der Waals surface area contributed by atoms with Crippen molar-refractivity contribution in [3.63, 3.8) is 0 Å². The molecule has 0 amide bonds. The Balaban J connectivity index is 0.000000451. The van der Waals surface area contributed by atoms with E-state index in [1.807, 2.05) is 62.4 Å². The molecule has 0 aliphatic rings. The maximum absolute atomic E-state index is 4.22. The van der Waals surface area contributed by atoms with E-state index in [-0.39, 0.29) is 22.3 Å². The third-order valence-electron chi connectivity index (χ3n) is 3.34. The molecule has 0 radical (unpaired) electrons. The van der Waals surface area contributed by atoms with Crippen LogP contribution in [0, 0.1) is 0 Å². The Bertz CT molecular complexity index is 984. The molecule has 6 heteroatoms. The van der Waals surface area contributed by atoms with Gasteiger partial charge in [0.05, 0.1) is 11.2 Å². The molecule has 0 atom stereocenters. The first-order valence-electron chi connectivity index (χ1n) is 7.50. The lowest BCUT2D eigenvalue weighted by Gasteiger charge is -1.97. The molecule has 4 aromatic rings. The molecule has 0 bridgehead atoms. The third-order valence-corrected chi connectivity index (χ3v) is 3.34. The van der Waals surface area contributed by atoms with Crippen molar-refractivity contribution < 1.29 is 0 Å². The largest absolute Gasteiger partial charge is 0.218 e. The second-order valence-electron chi connectivity index (χ2n) is 5.44. The molecule has 2 aromatic carbocycles. The Morgan fingerprint density at radius 2 is 1.22 bits per heavy atom. The number of benzene rings is 2. The van der Waals surface area contributed by atoms with Crippen LogP contribution < -0.4 is 0 Å². The van der Waals surface area contributed by atoms with Gasteiger partial charge >= 0.3 is 0 Å². The zero-order valence-corrected chi connectivity index (χ0v) is 13.7. The van der Waals surface area contributed by atoms with Gasteiger partial charge in [0.1, 0.15) is 16.6 Å². The maximum Gasteiger partial charge on any atom is 0.113 e. The molecule has 0 saturated carbocycles. The van der Waals surface area contributed by atoms with Crippen molar-refractivity contribution in [2.75, 3.05) is 0 Å². The standard InChI is InChI=1S/2C9H9N3.3CH4/c1-7(2)12-9-6-4-3-5-8(9)10-11-12;1-7(2)12-10-8-5-3-4-6-9(8)11-12;;;/h2*3-6H,1H2,2H3;3*1H4. The Morgan fingerprint density at radius 3 is 1.70 bits per heavy atom. The number of hydrogen-bond acceptors (Lipinski definition) is 4. The molecule has 2 heterocycles. The Morgan fingerprint density at radius 1 is 0.741 bits per heavy atom. The summed E-state index contributed by atoms with van der Waals surface area (Å²) in [5.41, 5.74) is 5.42. The van der Waals surface area contributed by atoms with Crippen LogP contribution in [0.3, 0.4) is 0 Å². The van der Waals surface area contributed by atoms with E-state index in [0.717, 1.165) is 33.5 Å². The molecule has 0 fully saturated rings. The van der Waals surface area contributed by atoms with Crippen LogP contribution >= 0.6 is 0 Å². The minimum Gasteiger partial charge on any atom is -0.218 e. The van der Waals surface area contributed by atoms with E-state index in [4.69, 9.17) is 0 Å². The van der Waals surface area contributed by atoms with Crippen molar-refractivity contribution in [2.45, 2.75) is 36.1 Å². The summed E-state index contributed by atoms with van der Waals surface area (Å²) in [6, 6.07) is 15.6. The van der Waals surface area contributed by atoms with Gasteiger partial charge in [0, 0.05) is 5.70 Å². The third kappa shape index (κ3) is 5.10. The number of fused-ring (bicyclic) bond motifs is 2. The average molecular weight is 367 g/mol. The highest BCUT2D eigenvalue weighted by atomic mass is 15.5. The molecular formula is C21H30N6. The van der Waals surface area contributed by atoms with Crippen LogP contribution in [0.25, 0.3) is 33.5 Å². The highest BCUT2D eigenvalue weighted by molar-refractivity contribution is 5.77. The summed E-state index contributed by atoms with van der Waals surface area (Å²) in [7, 11) is 0. The quantitative estimate of drug-likeness (QED) is 0.453.